The number of nitrogens with one attached hydrogen (secondary N) is 1. The van der Waals surface area contributed by atoms with E-state index in [0.29, 0.717) is 23.2 Å². The molecule has 2 aromatic carbocycles. The van der Waals surface area contributed by atoms with Gasteiger partial charge in [-0.25, -0.2) is 13.2 Å². The maximum atomic E-state index is 12.3. The van der Waals surface area contributed by atoms with E-state index in [1.165, 1.54) is 38.4 Å². The summed E-state index contributed by atoms with van der Waals surface area (Å²) in [6.45, 7) is -0.0216. The highest BCUT2D eigenvalue weighted by Gasteiger charge is 2.24. The lowest BCUT2D eigenvalue weighted by Crippen LogP contribution is -2.35. The molecule has 10 heteroatoms. The second kappa shape index (κ2) is 9.24. The van der Waals surface area contributed by atoms with Crippen molar-refractivity contribution in [3.8, 4) is 5.75 Å². The van der Waals surface area contributed by atoms with Crippen molar-refractivity contribution in [3.05, 3.63) is 59.7 Å². The minimum atomic E-state index is -3.91. The normalized spacial score (nSPS) is 15.8. The number of benzene rings is 2. The molecule has 0 radical (unpaired) electrons. The number of nitrogens with zero attached hydrogens (tertiary/aromatic N) is 1. The zero-order valence-electron chi connectivity index (χ0n) is 16.5. The summed E-state index contributed by atoms with van der Waals surface area (Å²) in [7, 11) is -1.46. The summed E-state index contributed by atoms with van der Waals surface area (Å²) in [6, 6.07) is 12.5. The quantitative estimate of drug-likeness (QED) is 0.521. The minimum absolute atomic E-state index is 0.00444. The predicted molar refractivity (Wildman–Crippen MR) is 106 cm³/mol. The average Bonchev–Trinajstić information content (AvgIpc) is 2.77. The summed E-state index contributed by atoms with van der Waals surface area (Å²) in [5, 5.41) is 2.82. The Morgan fingerprint density at radius 3 is 2.73 bits per heavy atom. The number of fused-ring (bicyclic) bond motifs is 1. The second-order valence-electron chi connectivity index (χ2n) is 6.50. The van der Waals surface area contributed by atoms with Crippen molar-refractivity contribution in [3.63, 3.8) is 0 Å². The topological polar surface area (TPSA) is 111 Å². The van der Waals surface area contributed by atoms with Crippen molar-refractivity contribution >= 4 is 21.9 Å². The first-order valence-electron chi connectivity index (χ1n) is 9.14. The van der Waals surface area contributed by atoms with Crippen LogP contribution in [-0.2, 0) is 24.4 Å². The van der Waals surface area contributed by atoms with Crippen LogP contribution in [0, 0.1) is 0 Å². The molecule has 0 aliphatic carbocycles. The fourth-order valence-electron chi connectivity index (χ4n) is 2.97. The van der Waals surface area contributed by atoms with Crippen LogP contribution in [0.25, 0.3) is 0 Å². The van der Waals surface area contributed by atoms with Crippen molar-refractivity contribution < 1.29 is 32.3 Å². The third-order valence-electron chi connectivity index (χ3n) is 4.59. The molecule has 0 saturated heterocycles. The van der Waals surface area contributed by atoms with Gasteiger partial charge in [0, 0.05) is 19.0 Å². The Morgan fingerprint density at radius 1 is 1.20 bits per heavy atom. The molecule has 1 aliphatic heterocycles. The van der Waals surface area contributed by atoms with E-state index in [4.69, 9.17) is 14.3 Å². The summed E-state index contributed by atoms with van der Waals surface area (Å²) in [4.78, 5) is 29.1. The molecule has 1 atom stereocenters. The van der Waals surface area contributed by atoms with Crippen LogP contribution in [0.4, 0.5) is 0 Å². The van der Waals surface area contributed by atoms with Gasteiger partial charge in [-0.2, -0.15) is 0 Å². The zero-order chi connectivity index (χ0) is 21.7. The molecule has 0 fully saturated rings. The molecule has 1 N–H and O–H groups in total. The number of ether oxygens (including phenoxy) is 2. The standard InChI is InChI=1S/C20H22N2O7S/c1-22(27-2)30(25,26)15-7-5-6-14(12-15)20(24)29-13-19(23)21-17-10-11-28-18-9-4-3-8-16(17)18/h3-9,12,17H,10-11,13H2,1-2H3,(H,21,23). The molecular formula is C20H22N2O7S. The van der Waals surface area contributed by atoms with Crippen molar-refractivity contribution in [2.75, 3.05) is 27.4 Å². The minimum Gasteiger partial charge on any atom is -0.493 e. The largest absolute Gasteiger partial charge is 0.493 e. The van der Waals surface area contributed by atoms with Gasteiger partial charge in [-0.15, -0.1) is 0 Å². The van der Waals surface area contributed by atoms with E-state index in [0.717, 1.165) is 5.56 Å². The first-order valence-corrected chi connectivity index (χ1v) is 10.6. The van der Waals surface area contributed by atoms with E-state index in [2.05, 4.69) is 5.32 Å². The highest BCUT2D eigenvalue weighted by atomic mass is 32.2. The Bertz CT molecular complexity index is 1040. The molecule has 1 unspecified atom stereocenters. The van der Waals surface area contributed by atoms with Gasteiger partial charge in [0.15, 0.2) is 6.61 Å². The van der Waals surface area contributed by atoms with Crippen LogP contribution in [0.2, 0.25) is 0 Å². The Labute approximate surface area is 174 Å². The predicted octanol–water partition coefficient (Wildman–Crippen LogP) is 1.67. The number of para-hydroxylation sites is 1. The number of amides is 1. The lowest BCUT2D eigenvalue weighted by atomic mass is 10.0. The Balaban J connectivity index is 1.61. The summed E-state index contributed by atoms with van der Waals surface area (Å²) in [5.74, 6) is -0.562. The maximum Gasteiger partial charge on any atom is 0.338 e. The molecule has 3 rings (SSSR count). The molecule has 0 saturated carbocycles. The van der Waals surface area contributed by atoms with Crippen LogP contribution >= 0.6 is 0 Å². The monoisotopic (exact) mass is 434 g/mol. The first kappa shape index (κ1) is 21.8. The van der Waals surface area contributed by atoms with Gasteiger partial charge in [0.1, 0.15) is 5.75 Å². The van der Waals surface area contributed by atoms with Gasteiger partial charge >= 0.3 is 5.97 Å². The summed E-state index contributed by atoms with van der Waals surface area (Å²) in [5.41, 5.74) is 0.869. The Kier molecular flexibility index (Phi) is 6.70. The first-order chi connectivity index (χ1) is 14.3. The van der Waals surface area contributed by atoms with Gasteiger partial charge in [-0.3, -0.25) is 9.63 Å². The molecule has 160 valence electrons. The van der Waals surface area contributed by atoms with Crippen LogP contribution in [-0.4, -0.2) is 52.1 Å². The van der Waals surface area contributed by atoms with Gasteiger partial charge in [0.2, 0.25) is 0 Å². The van der Waals surface area contributed by atoms with E-state index in [1.54, 1.807) is 0 Å². The number of rotatable bonds is 7. The van der Waals surface area contributed by atoms with Gasteiger partial charge < -0.3 is 14.8 Å². The highest BCUT2D eigenvalue weighted by Crippen LogP contribution is 2.31. The molecule has 0 bridgehead atoms. The van der Waals surface area contributed by atoms with E-state index in [1.807, 2.05) is 24.3 Å². The van der Waals surface area contributed by atoms with Crippen molar-refractivity contribution in [2.45, 2.75) is 17.4 Å². The Hall–Kier alpha value is -2.95. The fraction of sp³-hybridized carbons (Fsp3) is 0.300. The highest BCUT2D eigenvalue weighted by molar-refractivity contribution is 7.89. The average molecular weight is 434 g/mol. The third kappa shape index (κ3) is 4.78. The third-order valence-corrected chi connectivity index (χ3v) is 6.27. The fourth-order valence-corrected chi connectivity index (χ4v) is 3.99. The number of hydrogen-bond donors (Lipinski definition) is 1. The molecule has 1 heterocycles. The van der Waals surface area contributed by atoms with Crippen LogP contribution < -0.4 is 10.1 Å². The van der Waals surface area contributed by atoms with Crippen LogP contribution in [0.1, 0.15) is 28.4 Å². The van der Waals surface area contributed by atoms with E-state index < -0.39 is 28.5 Å². The summed E-state index contributed by atoms with van der Waals surface area (Å²) < 4.78 is 35.9. The van der Waals surface area contributed by atoms with E-state index in [9.17, 15) is 18.0 Å². The number of esters is 1. The Morgan fingerprint density at radius 2 is 1.97 bits per heavy atom. The number of carbonyl (C=O) groups excluding carboxylic acids is 2. The van der Waals surface area contributed by atoms with Crippen LogP contribution in [0.5, 0.6) is 5.75 Å². The number of hydrogen-bond acceptors (Lipinski definition) is 7. The van der Waals surface area contributed by atoms with E-state index in [-0.39, 0.29) is 16.5 Å². The van der Waals surface area contributed by atoms with Crippen LogP contribution in [0.15, 0.2) is 53.4 Å². The van der Waals surface area contributed by atoms with Gasteiger partial charge in [0.05, 0.1) is 30.2 Å². The smallest absolute Gasteiger partial charge is 0.338 e. The molecule has 2 aromatic rings. The molecular weight excluding hydrogens is 412 g/mol. The molecule has 1 amide bonds. The lowest BCUT2D eigenvalue weighted by Gasteiger charge is -2.26. The van der Waals surface area contributed by atoms with Gasteiger partial charge in [-0.05, 0) is 24.3 Å². The van der Waals surface area contributed by atoms with Crippen molar-refractivity contribution in [1.82, 2.24) is 9.79 Å². The van der Waals surface area contributed by atoms with E-state index >= 15 is 0 Å². The number of hydroxylamine groups is 1. The summed E-state index contributed by atoms with van der Waals surface area (Å²) >= 11 is 0. The zero-order valence-corrected chi connectivity index (χ0v) is 17.3. The van der Waals surface area contributed by atoms with Gasteiger partial charge in [0.25, 0.3) is 15.9 Å². The maximum absolute atomic E-state index is 12.3. The SMILES string of the molecule is CON(C)S(=O)(=O)c1cccc(C(=O)OCC(=O)NC2CCOc3ccccc32)c1. The lowest BCUT2D eigenvalue weighted by molar-refractivity contribution is -0.125. The van der Waals surface area contributed by atoms with Crippen molar-refractivity contribution in [2.24, 2.45) is 0 Å². The molecule has 9 nitrogen and oxygen atoms in total. The van der Waals surface area contributed by atoms with Crippen LogP contribution in [0.3, 0.4) is 0 Å². The second-order valence-corrected chi connectivity index (χ2v) is 8.43. The number of carbonyl (C=O) groups is 2. The van der Waals surface area contributed by atoms with Crippen molar-refractivity contribution in [1.29, 1.82) is 0 Å². The van der Waals surface area contributed by atoms with Gasteiger partial charge in [-0.1, -0.05) is 28.7 Å². The molecule has 1 aliphatic rings. The molecule has 0 spiro atoms. The summed E-state index contributed by atoms with van der Waals surface area (Å²) in [6.07, 6.45) is 0.601. The molecule has 30 heavy (non-hydrogen) atoms. The molecule has 0 aromatic heterocycles. The number of sulfonamides is 1.